The number of rotatable bonds is 0. The van der Waals surface area contributed by atoms with Crippen LogP contribution in [0.15, 0.2) is 0 Å². The zero-order valence-electron chi connectivity index (χ0n) is 7.17. The Bertz CT molecular complexity index is 403. The Morgan fingerprint density at radius 2 is 1.43 bits per heavy atom. The van der Waals surface area contributed by atoms with Crippen molar-refractivity contribution in [2.75, 3.05) is 11.5 Å². The summed E-state index contributed by atoms with van der Waals surface area (Å²) in [7, 11) is -3.03. The SMILES string of the molecule is O=C1OC(=O)[C@H]2C1[C@H]1CS(=O)(=O)C[C@H]12. The topological polar surface area (TPSA) is 77.5 Å². The van der Waals surface area contributed by atoms with Crippen LogP contribution in [0.3, 0.4) is 0 Å². The number of carbonyl (C=O) groups excluding carboxylic acids is 2. The molecule has 2 saturated heterocycles. The van der Waals surface area contributed by atoms with Crippen LogP contribution in [-0.4, -0.2) is 31.9 Å². The van der Waals surface area contributed by atoms with Crippen molar-refractivity contribution >= 4 is 21.8 Å². The van der Waals surface area contributed by atoms with E-state index in [0.717, 1.165) is 0 Å². The van der Waals surface area contributed by atoms with Crippen LogP contribution in [0.2, 0.25) is 0 Å². The van der Waals surface area contributed by atoms with Crippen LogP contribution in [0, 0.1) is 23.7 Å². The highest BCUT2D eigenvalue weighted by Gasteiger charge is 2.67. The first-order valence-electron chi connectivity index (χ1n) is 4.45. The Morgan fingerprint density at radius 3 is 1.86 bits per heavy atom. The number of carbonyl (C=O) groups is 2. The first kappa shape index (κ1) is 8.40. The number of hydrogen-bond donors (Lipinski definition) is 0. The van der Waals surface area contributed by atoms with Crippen molar-refractivity contribution in [1.29, 1.82) is 0 Å². The largest absolute Gasteiger partial charge is 0.393 e. The summed E-state index contributed by atoms with van der Waals surface area (Å²) < 4.78 is 27.0. The molecule has 1 saturated carbocycles. The van der Waals surface area contributed by atoms with E-state index in [1.165, 1.54) is 0 Å². The molecule has 0 bridgehead atoms. The van der Waals surface area contributed by atoms with E-state index in [0.29, 0.717) is 0 Å². The molecule has 1 unspecified atom stereocenters. The summed E-state index contributed by atoms with van der Waals surface area (Å²) in [6.45, 7) is 0. The van der Waals surface area contributed by atoms with Gasteiger partial charge >= 0.3 is 11.9 Å². The molecule has 4 atom stereocenters. The van der Waals surface area contributed by atoms with E-state index in [-0.39, 0.29) is 23.3 Å². The molecule has 0 aromatic rings. The standard InChI is InChI=1S/C8H8O5S/c9-7-5-3-1-14(11,12)2-4(3)6(5)8(10)13-7/h3-6H,1-2H2/t3-,4+,5-,6?/m1/s1. The first-order chi connectivity index (χ1) is 6.49. The van der Waals surface area contributed by atoms with E-state index < -0.39 is 33.6 Å². The molecule has 5 nitrogen and oxygen atoms in total. The molecule has 2 aliphatic heterocycles. The normalized spacial score (nSPS) is 48.0. The highest BCUT2D eigenvalue weighted by molar-refractivity contribution is 7.91. The molecule has 2 heterocycles. The number of esters is 2. The zero-order chi connectivity index (χ0) is 10.1. The van der Waals surface area contributed by atoms with Gasteiger partial charge in [0, 0.05) is 0 Å². The Kier molecular flexibility index (Phi) is 1.31. The van der Waals surface area contributed by atoms with Gasteiger partial charge in [-0.3, -0.25) is 9.59 Å². The Labute approximate surface area is 80.3 Å². The van der Waals surface area contributed by atoms with Crippen molar-refractivity contribution in [2.45, 2.75) is 0 Å². The summed E-state index contributed by atoms with van der Waals surface area (Å²) in [5, 5.41) is 0. The van der Waals surface area contributed by atoms with E-state index >= 15 is 0 Å². The zero-order valence-corrected chi connectivity index (χ0v) is 7.99. The first-order valence-corrected chi connectivity index (χ1v) is 6.28. The number of cyclic esters (lactones) is 2. The molecule has 76 valence electrons. The molecule has 0 aromatic carbocycles. The van der Waals surface area contributed by atoms with Crippen molar-refractivity contribution in [3.05, 3.63) is 0 Å². The minimum atomic E-state index is -3.03. The smallest absolute Gasteiger partial charge is 0.317 e. The highest BCUT2D eigenvalue weighted by Crippen LogP contribution is 2.55. The van der Waals surface area contributed by atoms with Gasteiger partial charge in [0.1, 0.15) is 0 Å². The molecule has 0 spiro atoms. The van der Waals surface area contributed by atoms with E-state index in [9.17, 15) is 18.0 Å². The molecular weight excluding hydrogens is 208 g/mol. The van der Waals surface area contributed by atoms with E-state index in [1.807, 2.05) is 0 Å². The second-order valence-electron chi connectivity index (χ2n) is 4.20. The number of hydrogen-bond acceptors (Lipinski definition) is 5. The second kappa shape index (κ2) is 2.18. The molecule has 0 amide bonds. The molecule has 0 aromatic heterocycles. The molecule has 3 fully saturated rings. The lowest BCUT2D eigenvalue weighted by Gasteiger charge is -2.38. The van der Waals surface area contributed by atoms with Gasteiger partial charge in [0.05, 0.1) is 23.3 Å². The molecular formula is C8H8O5S. The van der Waals surface area contributed by atoms with Gasteiger partial charge in [0.2, 0.25) is 0 Å². The summed E-state index contributed by atoms with van der Waals surface area (Å²) in [6.07, 6.45) is 0. The van der Waals surface area contributed by atoms with Crippen molar-refractivity contribution in [2.24, 2.45) is 23.7 Å². The lowest BCUT2D eigenvalue weighted by Crippen LogP contribution is -2.47. The third-order valence-corrected chi connectivity index (χ3v) is 5.28. The average Bonchev–Trinajstić information content (AvgIpc) is 2.42. The molecule has 3 aliphatic rings. The minimum absolute atomic E-state index is 0.0429. The maximum Gasteiger partial charge on any atom is 0.317 e. The number of ether oxygens (including phenoxy) is 1. The van der Waals surface area contributed by atoms with Gasteiger partial charge < -0.3 is 4.74 Å². The predicted molar refractivity (Wildman–Crippen MR) is 43.7 cm³/mol. The lowest BCUT2D eigenvalue weighted by molar-refractivity contribution is -0.153. The summed E-state index contributed by atoms with van der Waals surface area (Å²) in [4.78, 5) is 22.3. The molecule has 14 heavy (non-hydrogen) atoms. The second-order valence-corrected chi connectivity index (χ2v) is 6.35. The highest BCUT2D eigenvalue weighted by atomic mass is 32.2. The third kappa shape index (κ3) is 0.821. The maximum atomic E-state index is 11.3. The van der Waals surface area contributed by atoms with Crippen LogP contribution >= 0.6 is 0 Å². The van der Waals surface area contributed by atoms with Crippen LogP contribution in [0.4, 0.5) is 0 Å². The average molecular weight is 216 g/mol. The van der Waals surface area contributed by atoms with Crippen molar-refractivity contribution in [3.8, 4) is 0 Å². The molecule has 6 heteroatoms. The van der Waals surface area contributed by atoms with Crippen LogP contribution in [-0.2, 0) is 24.2 Å². The van der Waals surface area contributed by atoms with Crippen LogP contribution in [0.5, 0.6) is 0 Å². The fraction of sp³-hybridized carbons (Fsp3) is 0.750. The summed E-state index contributed by atoms with van der Waals surface area (Å²) in [5.41, 5.74) is 0. The minimum Gasteiger partial charge on any atom is -0.393 e. The fourth-order valence-corrected chi connectivity index (χ4v) is 5.12. The van der Waals surface area contributed by atoms with E-state index in [1.54, 1.807) is 0 Å². The van der Waals surface area contributed by atoms with Crippen LogP contribution < -0.4 is 0 Å². The Balaban J connectivity index is 1.98. The lowest BCUT2D eigenvalue weighted by atomic mass is 9.59. The van der Waals surface area contributed by atoms with Gasteiger partial charge in [0.15, 0.2) is 9.84 Å². The quantitative estimate of drug-likeness (QED) is 0.382. The van der Waals surface area contributed by atoms with Crippen molar-refractivity contribution in [1.82, 2.24) is 0 Å². The molecule has 0 N–H and O–H groups in total. The monoisotopic (exact) mass is 216 g/mol. The molecule has 0 radical (unpaired) electrons. The van der Waals surface area contributed by atoms with Gasteiger partial charge in [-0.05, 0) is 11.8 Å². The predicted octanol–water partition coefficient (Wildman–Crippen LogP) is -1.02. The van der Waals surface area contributed by atoms with Crippen molar-refractivity contribution < 1.29 is 22.7 Å². The molecule has 3 rings (SSSR count). The third-order valence-electron chi connectivity index (χ3n) is 3.50. The summed E-state index contributed by atoms with van der Waals surface area (Å²) in [5.74, 6) is -2.23. The van der Waals surface area contributed by atoms with Gasteiger partial charge in [-0.2, -0.15) is 0 Å². The van der Waals surface area contributed by atoms with Crippen molar-refractivity contribution in [3.63, 3.8) is 0 Å². The molecule has 1 aliphatic carbocycles. The number of fused-ring (bicyclic) bond motifs is 4. The summed E-state index contributed by atoms with van der Waals surface area (Å²) >= 11 is 0. The van der Waals surface area contributed by atoms with Gasteiger partial charge in [-0.15, -0.1) is 0 Å². The Hall–Kier alpha value is -0.910. The van der Waals surface area contributed by atoms with Gasteiger partial charge in [0.25, 0.3) is 0 Å². The Morgan fingerprint density at radius 1 is 1.00 bits per heavy atom. The van der Waals surface area contributed by atoms with Gasteiger partial charge in [-0.1, -0.05) is 0 Å². The van der Waals surface area contributed by atoms with Gasteiger partial charge in [-0.25, -0.2) is 8.42 Å². The van der Waals surface area contributed by atoms with Crippen LogP contribution in [0.1, 0.15) is 0 Å². The van der Waals surface area contributed by atoms with Crippen LogP contribution in [0.25, 0.3) is 0 Å². The summed E-state index contributed by atoms with van der Waals surface area (Å²) in [6, 6.07) is 0. The number of sulfone groups is 1. The van der Waals surface area contributed by atoms with E-state index in [2.05, 4.69) is 4.74 Å². The fourth-order valence-electron chi connectivity index (χ4n) is 2.91. The van der Waals surface area contributed by atoms with E-state index in [4.69, 9.17) is 0 Å². The maximum absolute atomic E-state index is 11.3.